The van der Waals surface area contributed by atoms with Crippen LogP contribution < -0.4 is 4.90 Å². The number of nitrogens with zero attached hydrogens (tertiary/aromatic N) is 1. The number of aromatic nitrogens is 1. The fourth-order valence-corrected chi connectivity index (χ4v) is 4.32. The molecule has 0 radical (unpaired) electrons. The van der Waals surface area contributed by atoms with E-state index in [4.69, 9.17) is 0 Å². The maximum Gasteiger partial charge on any atom is 0.264 e. The van der Waals surface area contributed by atoms with Crippen molar-refractivity contribution in [3.8, 4) is 0 Å². The topological polar surface area (TPSA) is 74.7 Å². The van der Waals surface area contributed by atoms with Gasteiger partial charge in [-0.3, -0.25) is 14.4 Å². The molecule has 2 N–H and O–H groups in total. The normalized spacial score (nSPS) is 15.3. The summed E-state index contributed by atoms with van der Waals surface area (Å²) in [6.07, 6.45) is 0. The maximum absolute atomic E-state index is 12.7. The molecule has 3 rings (SSSR count). The third kappa shape index (κ3) is 3.64. The number of rotatable bonds is 5. The minimum atomic E-state index is -0.0247. The summed E-state index contributed by atoms with van der Waals surface area (Å²) in [5.41, 5.74) is 2.65. The minimum absolute atomic E-state index is 0.0196. The van der Waals surface area contributed by atoms with Crippen LogP contribution in [0.4, 0.5) is 0 Å². The molecule has 0 saturated carbocycles. The Balaban J connectivity index is 1.60. The lowest BCUT2D eigenvalue weighted by Crippen LogP contribution is -3.15. The molecule has 7 heteroatoms. The van der Waals surface area contributed by atoms with Crippen LogP contribution in [-0.2, 0) is 0 Å². The molecule has 0 aliphatic carbocycles. The molecule has 3 heterocycles. The van der Waals surface area contributed by atoms with Crippen molar-refractivity contribution in [3.63, 3.8) is 0 Å². The van der Waals surface area contributed by atoms with Gasteiger partial charge in [-0.2, -0.15) is 0 Å². The van der Waals surface area contributed by atoms with E-state index in [2.05, 4.69) is 4.98 Å². The van der Waals surface area contributed by atoms with Gasteiger partial charge in [0.2, 0.25) is 5.78 Å². The van der Waals surface area contributed by atoms with Gasteiger partial charge in [0.1, 0.15) is 6.54 Å². The monoisotopic (exact) mass is 374 g/mol. The zero-order chi connectivity index (χ0) is 18.8. The Morgan fingerprint density at radius 3 is 2.46 bits per heavy atom. The number of H-pyrrole nitrogens is 1. The largest absolute Gasteiger partial charge is 0.355 e. The number of hydrogen-bond donors (Lipinski definition) is 2. The molecule has 0 aromatic carbocycles. The van der Waals surface area contributed by atoms with E-state index in [-0.39, 0.29) is 17.5 Å². The molecule has 0 bridgehead atoms. The molecule has 2 aromatic rings. The third-order valence-corrected chi connectivity index (χ3v) is 5.83. The Kier molecular flexibility index (Phi) is 5.38. The summed E-state index contributed by atoms with van der Waals surface area (Å²) in [4.78, 5) is 43.7. The summed E-state index contributed by atoms with van der Waals surface area (Å²) >= 11 is 1.46. The Hall–Kier alpha value is -2.25. The smallest absolute Gasteiger partial charge is 0.264 e. The van der Waals surface area contributed by atoms with Gasteiger partial charge in [-0.25, -0.2) is 0 Å². The van der Waals surface area contributed by atoms with Crippen molar-refractivity contribution >= 4 is 28.8 Å². The van der Waals surface area contributed by atoms with Crippen LogP contribution in [0.15, 0.2) is 17.5 Å². The van der Waals surface area contributed by atoms with E-state index < -0.39 is 0 Å². The highest BCUT2D eigenvalue weighted by atomic mass is 32.1. The SMILES string of the molecule is CC(=O)c1c(C)[nH]c(C(=O)C[NH+]2CCN(C(=O)c3cccs3)CC2)c1C. The van der Waals surface area contributed by atoms with Crippen molar-refractivity contribution in [2.45, 2.75) is 20.8 Å². The standard InChI is InChI=1S/C19H23N3O3S/c1-12-17(14(3)23)13(2)20-18(12)15(24)11-21-6-8-22(9-7-21)19(25)16-5-4-10-26-16/h4-5,10,20H,6-9,11H2,1-3H3/p+1. The zero-order valence-corrected chi connectivity index (χ0v) is 16.2. The third-order valence-electron chi connectivity index (χ3n) is 4.97. The molecule has 138 valence electrons. The van der Waals surface area contributed by atoms with E-state index >= 15 is 0 Å². The van der Waals surface area contributed by atoms with Crippen LogP contribution in [0.25, 0.3) is 0 Å². The number of Topliss-reactive ketones (excluding diaryl/α,β-unsaturated/α-hetero) is 2. The molecule has 1 saturated heterocycles. The summed E-state index contributed by atoms with van der Waals surface area (Å²) in [5, 5.41) is 1.91. The highest BCUT2D eigenvalue weighted by molar-refractivity contribution is 7.12. The zero-order valence-electron chi connectivity index (χ0n) is 15.3. The maximum atomic E-state index is 12.7. The summed E-state index contributed by atoms with van der Waals surface area (Å²) in [6, 6.07) is 3.73. The van der Waals surface area contributed by atoms with Gasteiger partial charge in [0, 0.05) is 11.3 Å². The molecule has 0 unspecified atom stereocenters. The van der Waals surface area contributed by atoms with Gasteiger partial charge in [-0.1, -0.05) is 6.07 Å². The highest BCUT2D eigenvalue weighted by Gasteiger charge is 2.28. The van der Waals surface area contributed by atoms with Crippen molar-refractivity contribution < 1.29 is 19.3 Å². The molecule has 0 atom stereocenters. The molecule has 1 fully saturated rings. The summed E-state index contributed by atoms with van der Waals surface area (Å²) in [7, 11) is 0. The van der Waals surface area contributed by atoms with Gasteiger partial charge in [0.25, 0.3) is 5.91 Å². The quantitative estimate of drug-likeness (QED) is 0.770. The second-order valence-electron chi connectivity index (χ2n) is 6.80. The molecule has 1 aliphatic rings. The predicted molar refractivity (Wildman–Crippen MR) is 100 cm³/mol. The van der Waals surface area contributed by atoms with Crippen LogP contribution in [0, 0.1) is 13.8 Å². The van der Waals surface area contributed by atoms with Crippen LogP contribution in [0.2, 0.25) is 0 Å². The van der Waals surface area contributed by atoms with Gasteiger partial charge in [0.15, 0.2) is 5.78 Å². The summed E-state index contributed by atoms with van der Waals surface area (Å²) in [5.74, 6) is 0.0711. The first kappa shape index (κ1) is 18.5. The molecule has 1 amide bonds. The molecular formula is C19H24N3O3S+. The van der Waals surface area contributed by atoms with E-state index in [0.717, 1.165) is 29.2 Å². The van der Waals surface area contributed by atoms with Crippen LogP contribution in [0.1, 0.15) is 48.7 Å². The number of quaternary nitrogens is 1. The lowest BCUT2D eigenvalue weighted by molar-refractivity contribution is -0.895. The first-order valence-corrected chi connectivity index (χ1v) is 9.66. The summed E-state index contributed by atoms with van der Waals surface area (Å²) < 4.78 is 0. The molecule has 1 aliphatic heterocycles. The number of carbonyl (C=O) groups excluding carboxylic acids is 3. The lowest BCUT2D eigenvalue weighted by Gasteiger charge is -2.31. The first-order valence-electron chi connectivity index (χ1n) is 8.78. The molecule has 26 heavy (non-hydrogen) atoms. The molecule has 0 spiro atoms. The number of aryl methyl sites for hydroxylation is 1. The fourth-order valence-electron chi connectivity index (χ4n) is 3.63. The fraction of sp³-hybridized carbons (Fsp3) is 0.421. The van der Waals surface area contributed by atoms with E-state index in [1.807, 2.05) is 36.3 Å². The Bertz CT molecular complexity index is 831. The number of carbonyl (C=O) groups is 3. The van der Waals surface area contributed by atoms with Gasteiger partial charge in [-0.05, 0) is 37.8 Å². The number of amides is 1. The van der Waals surface area contributed by atoms with Gasteiger partial charge in [0.05, 0.1) is 36.8 Å². The molecule has 6 nitrogen and oxygen atoms in total. The first-order chi connectivity index (χ1) is 12.4. The number of thiophene rings is 1. The Morgan fingerprint density at radius 1 is 1.23 bits per heavy atom. The van der Waals surface area contributed by atoms with Gasteiger partial charge in [-0.15, -0.1) is 11.3 Å². The Labute approximate surface area is 156 Å². The molecular weight excluding hydrogens is 350 g/mol. The van der Waals surface area contributed by atoms with Crippen molar-refractivity contribution in [2.75, 3.05) is 32.7 Å². The number of aromatic amines is 1. The summed E-state index contributed by atoms with van der Waals surface area (Å²) in [6.45, 7) is 8.35. The van der Waals surface area contributed by atoms with Gasteiger partial charge < -0.3 is 14.8 Å². The van der Waals surface area contributed by atoms with E-state index in [1.54, 1.807) is 0 Å². The van der Waals surface area contributed by atoms with E-state index in [0.29, 0.717) is 30.9 Å². The second-order valence-corrected chi connectivity index (χ2v) is 7.75. The lowest BCUT2D eigenvalue weighted by atomic mass is 10.1. The minimum Gasteiger partial charge on any atom is -0.355 e. The highest BCUT2D eigenvalue weighted by Crippen LogP contribution is 2.18. The van der Waals surface area contributed by atoms with Crippen molar-refractivity contribution in [1.29, 1.82) is 0 Å². The number of piperazine rings is 1. The van der Waals surface area contributed by atoms with Crippen LogP contribution in [0.3, 0.4) is 0 Å². The van der Waals surface area contributed by atoms with Crippen LogP contribution in [-0.4, -0.2) is 60.1 Å². The number of ketones is 2. The van der Waals surface area contributed by atoms with Crippen molar-refractivity contribution in [2.24, 2.45) is 0 Å². The van der Waals surface area contributed by atoms with Crippen LogP contribution >= 0.6 is 11.3 Å². The van der Waals surface area contributed by atoms with E-state index in [9.17, 15) is 14.4 Å². The number of nitrogens with one attached hydrogen (secondary N) is 2. The van der Waals surface area contributed by atoms with Crippen molar-refractivity contribution in [3.05, 3.63) is 44.9 Å². The average Bonchev–Trinajstić information content (AvgIpc) is 3.23. The Morgan fingerprint density at radius 2 is 1.92 bits per heavy atom. The van der Waals surface area contributed by atoms with Gasteiger partial charge >= 0.3 is 0 Å². The van der Waals surface area contributed by atoms with Crippen LogP contribution in [0.5, 0.6) is 0 Å². The predicted octanol–water partition coefficient (Wildman–Crippen LogP) is 1.12. The van der Waals surface area contributed by atoms with Crippen molar-refractivity contribution in [1.82, 2.24) is 9.88 Å². The van der Waals surface area contributed by atoms with E-state index in [1.165, 1.54) is 23.2 Å². The number of hydrogen-bond acceptors (Lipinski definition) is 4. The second kappa shape index (κ2) is 7.55. The molecule has 2 aromatic heterocycles. The average molecular weight is 374 g/mol.